The summed E-state index contributed by atoms with van der Waals surface area (Å²) in [5.74, 6) is 3.70. The van der Waals surface area contributed by atoms with Crippen LogP contribution in [0, 0.1) is 23.7 Å². The van der Waals surface area contributed by atoms with Crippen LogP contribution in [-0.2, 0) is 0 Å². The molecule has 4 atom stereocenters. The van der Waals surface area contributed by atoms with E-state index in [1.165, 1.54) is 38.5 Å². The zero-order valence-corrected chi connectivity index (χ0v) is 12.6. The summed E-state index contributed by atoms with van der Waals surface area (Å²) in [5, 5.41) is 0. The molecule has 0 bridgehead atoms. The van der Waals surface area contributed by atoms with E-state index < -0.39 is 0 Å². The van der Waals surface area contributed by atoms with Gasteiger partial charge in [-0.3, -0.25) is 0 Å². The lowest BCUT2D eigenvalue weighted by atomic mass is 9.80. The molecule has 0 aromatic rings. The van der Waals surface area contributed by atoms with Gasteiger partial charge in [-0.05, 0) is 36.5 Å². The molecule has 0 heteroatoms. The van der Waals surface area contributed by atoms with E-state index in [2.05, 4.69) is 41.5 Å². The topological polar surface area (TPSA) is 0 Å². The van der Waals surface area contributed by atoms with Gasteiger partial charge < -0.3 is 0 Å². The number of hydrogen-bond acceptors (Lipinski definition) is 0. The molecule has 0 aromatic heterocycles. The van der Waals surface area contributed by atoms with E-state index in [9.17, 15) is 0 Å². The number of rotatable bonds is 9. The lowest BCUT2D eigenvalue weighted by Gasteiger charge is -2.26. The maximum atomic E-state index is 2.46. The fourth-order valence-electron chi connectivity index (χ4n) is 2.66. The quantitative estimate of drug-likeness (QED) is 0.458. The molecule has 98 valence electrons. The summed E-state index contributed by atoms with van der Waals surface area (Å²) in [6.07, 6.45) is 8.34. The molecule has 0 radical (unpaired) electrons. The van der Waals surface area contributed by atoms with Crippen molar-refractivity contribution in [3.63, 3.8) is 0 Å². The summed E-state index contributed by atoms with van der Waals surface area (Å²) in [6, 6.07) is 0. The Bertz CT molecular complexity index is 150. The molecule has 16 heavy (non-hydrogen) atoms. The minimum Gasteiger partial charge on any atom is -0.0654 e. The Morgan fingerprint density at radius 1 is 0.750 bits per heavy atom. The van der Waals surface area contributed by atoms with Crippen molar-refractivity contribution in [3.05, 3.63) is 0 Å². The molecule has 0 fully saturated rings. The van der Waals surface area contributed by atoms with Gasteiger partial charge in [-0.2, -0.15) is 0 Å². The molecule has 4 unspecified atom stereocenters. The number of hydrogen-bond donors (Lipinski definition) is 0. The molecule has 0 heterocycles. The first-order valence-corrected chi connectivity index (χ1v) is 7.54. The molecule has 0 N–H and O–H groups in total. The highest BCUT2D eigenvalue weighted by Gasteiger charge is 2.17. The molecule has 0 amide bonds. The second kappa shape index (κ2) is 9.07. The Balaban J connectivity index is 4.00. The fourth-order valence-corrected chi connectivity index (χ4v) is 2.66. The van der Waals surface area contributed by atoms with Crippen molar-refractivity contribution < 1.29 is 0 Å². The van der Waals surface area contributed by atoms with Gasteiger partial charge in [-0.15, -0.1) is 0 Å². The molecule has 0 nitrogen and oxygen atoms in total. The van der Waals surface area contributed by atoms with Crippen molar-refractivity contribution in [1.82, 2.24) is 0 Å². The van der Waals surface area contributed by atoms with E-state index >= 15 is 0 Å². The highest BCUT2D eigenvalue weighted by Crippen LogP contribution is 2.29. The van der Waals surface area contributed by atoms with Gasteiger partial charge in [0.05, 0.1) is 0 Å². The highest BCUT2D eigenvalue weighted by atomic mass is 14.2. The third kappa shape index (κ3) is 6.55. The average molecular weight is 226 g/mol. The third-order valence-electron chi connectivity index (χ3n) is 4.43. The summed E-state index contributed by atoms with van der Waals surface area (Å²) in [4.78, 5) is 0. The van der Waals surface area contributed by atoms with Crippen molar-refractivity contribution in [2.45, 2.75) is 80.1 Å². The van der Waals surface area contributed by atoms with E-state index in [4.69, 9.17) is 0 Å². The van der Waals surface area contributed by atoms with Crippen molar-refractivity contribution >= 4 is 0 Å². The van der Waals surface area contributed by atoms with Crippen molar-refractivity contribution in [2.75, 3.05) is 0 Å². The lowest BCUT2D eigenvalue weighted by Crippen LogP contribution is -2.15. The van der Waals surface area contributed by atoms with Gasteiger partial charge in [0, 0.05) is 0 Å². The third-order valence-corrected chi connectivity index (χ3v) is 4.43. The van der Waals surface area contributed by atoms with E-state index in [1.54, 1.807) is 0 Å². The average Bonchev–Trinajstić information content (AvgIpc) is 2.27. The van der Waals surface area contributed by atoms with Crippen LogP contribution in [0.3, 0.4) is 0 Å². The zero-order chi connectivity index (χ0) is 12.6. The van der Waals surface area contributed by atoms with Gasteiger partial charge >= 0.3 is 0 Å². The summed E-state index contributed by atoms with van der Waals surface area (Å²) < 4.78 is 0. The second-order valence-corrected chi connectivity index (χ2v) is 6.00. The van der Waals surface area contributed by atoms with Gasteiger partial charge in [0.25, 0.3) is 0 Å². The Hall–Kier alpha value is 0. The minimum absolute atomic E-state index is 0.911. The molecule has 0 saturated heterocycles. The van der Waals surface area contributed by atoms with Crippen LogP contribution < -0.4 is 0 Å². The van der Waals surface area contributed by atoms with Gasteiger partial charge in [0.15, 0.2) is 0 Å². The molecule has 0 aliphatic rings. The maximum Gasteiger partial charge on any atom is -0.0412 e. The summed E-state index contributed by atoms with van der Waals surface area (Å²) in [7, 11) is 0. The summed E-state index contributed by atoms with van der Waals surface area (Å²) in [5.41, 5.74) is 0. The highest BCUT2D eigenvalue weighted by molar-refractivity contribution is 4.69. The Labute approximate surface area is 104 Å². The van der Waals surface area contributed by atoms with Gasteiger partial charge in [0.2, 0.25) is 0 Å². The van der Waals surface area contributed by atoms with Crippen LogP contribution in [0.15, 0.2) is 0 Å². The van der Waals surface area contributed by atoms with Crippen molar-refractivity contribution in [2.24, 2.45) is 23.7 Å². The molecule has 0 rings (SSSR count). The predicted molar refractivity (Wildman–Crippen MR) is 75.7 cm³/mol. The minimum atomic E-state index is 0.911. The monoisotopic (exact) mass is 226 g/mol. The molecule has 0 aliphatic heterocycles. The van der Waals surface area contributed by atoms with Crippen LogP contribution >= 0.6 is 0 Å². The van der Waals surface area contributed by atoms with E-state index in [-0.39, 0.29) is 0 Å². The van der Waals surface area contributed by atoms with E-state index in [1.807, 2.05) is 0 Å². The van der Waals surface area contributed by atoms with Crippen LogP contribution in [0.25, 0.3) is 0 Å². The summed E-state index contributed by atoms with van der Waals surface area (Å²) in [6.45, 7) is 14.3. The molecule has 0 spiro atoms. The van der Waals surface area contributed by atoms with Crippen LogP contribution in [0.1, 0.15) is 80.1 Å². The van der Waals surface area contributed by atoms with Crippen molar-refractivity contribution in [3.8, 4) is 0 Å². The normalized spacial score (nSPS) is 19.1. The Kier molecular flexibility index (Phi) is 9.07. The van der Waals surface area contributed by atoms with E-state index in [0.717, 1.165) is 23.7 Å². The van der Waals surface area contributed by atoms with Crippen LogP contribution in [0.2, 0.25) is 0 Å². The summed E-state index contributed by atoms with van der Waals surface area (Å²) >= 11 is 0. The Morgan fingerprint density at radius 2 is 1.38 bits per heavy atom. The smallest absolute Gasteiger partial charge is 0.0412 e. The predicted octanol–water partition coefficient (Wildman–Crippen LogP) is 5.91. The molecular weight excluding hydrogens is 192 g/mol. The van der Waals surface area contributed by atoms with Crippen LogP contribution in [0.4, 0.5) is 0 Å². The van der Waals surface area contributed by atoms with Gasteiger partial charge in [-0.1, -0.05) is 67.2 Å². The second-order valence-electron chi connectivity index (χ2n) is 6.00. The van der Waals surface area contributed by atoms with Gasteiger partial charge in [-0.25, -0.2) is 0 Å². The van der Waals surface area contributed by atoms with Crippen molar-refractivity contribution in [1.29, 1.82) is 0 Å². The largest absolute Gasteiger partial charge is 0.0654 e. The first-order chi connectivity index (χ1) is 7.54. The first kappa shape index (κ1) is 16.0. The van der Waals surface area contributed by atoms with Crippen LogP contribution in [-0.4, -0.2) is 0 Å². The molecule has 0 saturated carbocycles. The lowest BCUT2D eigenvalue weighted by molar-refractivity contribution is 0.254. The SMILES string of the molecule is CCCC(C)C(C)CC(CC)CC(C)CC. The Morgan fingerprint density at radius 3 is 1.81 bits per heavy atom. The first-order valence-electron chi connectivity index (χ1n) is 7.54. The van der Waals surface area contributed by atoms with E-state index in [0.29, 0.717) is 0 Å². The standard InChI is InChI=1S/C16H34/c1-7-10-14(5)15(6)12-16(9-3)11-13(4)8-2/h13-16H,7-12H2,1-6H3. The molecule has 0 aromatic carbocycles. The van der Waals surface area contributed by atoms with Gasteiger partial charge in [0.1, 0.15) is 0 Å². The fraction of sp³-hybridized carbons (Fsp3) is 1.00. The van der Waals surface area contributed by atoms with Crippen LogP contribution in [0.5, 0.6) is 0 Å². The maximum absolute atomic E-state index is 2.46. The molecular formula is C16H34. The zero-order valence-electron chi connectivity index (χ0n) is 12.6. The molecule has 0 aliphatic carbocycles.